The Bertz CT molecular complexity index is 538. The first kappa shape index (κ1) is 11.5. The van der Waals surface area contributed by atoms with Crippen LogP contribution in [-0.2, 0) is 6.54 Å². The average Bonchev–Trinajstić information content (AvgIpc) is 2.73. The van der Waals surface area contributed by atoms with Gasteiger partial charge in [0, 0.05) is 5.69 Å². The molecule has 0 atom stereocenters. The number of para-hydroxylation sites is 1. The maximum atomic E-state index is 11.8. The van der Waals surface area contributed by atoms with E-state index >= 15 is 0 Å². The van der Waals surface area contributed by atoms with Crippen LogP contribution in [0.15, 0.2) is 24.3 Å². The number of carbonyl (C=O) groups is 1. The number of benzene rings is 1. The third kappa shape index (κ3) is 2.79. The minimum absolute atomic E-state index is 0.198. The molecular formula is C11H12N4OS. The first-order valence-electron chi connectivity index (χ1n) is 5.08. The van der Waals surface area contributed by atoms with E-state index in [4.69, 9.17) is 5.73 Å². The molecular weight excluding hydrogens is 236 g/mol. The van der Waals surface area contributed by atoms with E-state index in [0.717, 1.165) is 10.0 Å². The van der Waals surface area contributed by atoms with Gasteiger partial charge in [0.05, 0.1) is 12.1 Å². The molecule has 2 rings (SSSR count). The maximum absolute atomic E-state index is 11.8. The van der Waals surface area contributed by atoms with Gasteiger partial charge in [0.25, 0.3) is 5.91 Å². The normalized spacial score (nSPS) is 10.2. The van der Waals surface area contributed by atoms with Gasteiger partial charge in [-0.05, 0) is 19.1 Å². The number of hydrogen-bond acceptors (Lipinski definition) is 5. The molecule has 1 heterocycles. The van der Waals surface area contributed by atoms with Crippen molar-refractivity contribution >= 4 is 22.9 Å². The van der Waals surface area contributed by atoms with E-state index in [9.17, 15) is 4.79 Å². The second-order valence-electron chi connectivity index (χ2n) is 3.48. The SMILES string of the molecule is Cc1nnc(CNC(=O)c2ccccc2N)s1. The molecule has 0 radical (unpaired) electrons. The fourth-order valence-electron chi connectivity index (χ4n) is 1.36. The summed E-state index contributed by atoms with van der Waals surface area (Å²) in [7, 11) is 0. The van der Waals surface area contributed by atoms with Crippen molar-refractivity contribution in [2.75, 3.05) is 5.73 Å². The van der Waals surface area contributed by atoms with Crippen molar-refractivity contribution in [1.29, 1.82) is 0 Å². The number of anilines is 1. The number of nitrogens with two attached hydrogens (primary N) is 1. The van der Waals surface area contributed by atoms with Crippen LogP contribution in [0.1, 0.15) is 20.4 Å². The minimum atomic E-state index is -0.198. The molecule has 0 aliphatic rings. The van der Waals surface area contributed by atoms with Crippen molar-refractivity contribution in [2.24, 2.45) is 0 Å². The predicted octanol–water partition coefficient (Wildman–Crippen LogP) is 1.36. The molecule has 1 aromatic carbocycles. The van der Waals surface area contributed by atoms with E-state index in [1.807, 2.05) is 6.92 Å². The van der Waals surface area contributed by atoms with Gasteiger partial charge in [-0.1, -0.05) is 23.5 Å². The summed E-state index contributed by atoms with van der Waals surface area (Å²) in [6.45, 7) is 2.25. The lowest BCUT2D eigenvalue weighted by Gasteiger charge is -2.05. The molecule has 0 aliphatic heterocycles. The number of nitrogens with one attached hydrogen (secondary N) is 1. The van der Waals surface area contributed by atoms with Gasteiger partial charge in [-0.25, -0.2) is 0 Å². The summed E-state index contributed by atoms with van der Waals surface area (Å²) < 4.78 is 0. The first-order chi connectivity index (χ1) is 8.16. The summed E-state index contributed by atoms with van der Waals surface area (Å²) >= 11 is 1.46. The van der Waals surface area contributed by atoms with Crippen LogP contribution in [0.5, 0.6) is 0 Å². The van der Waals surface area contributed by atoms with Crippen molar-refractivity contribution in [2.45, 2.75) is 13.5 Å². The third-order valence-electron chi connectivity index (χ3n) is 2.17. The molecule has 0 saturated heterocycles. The summed E-state index contributed by atoms with van der Waals surface area (Å²) in [5, 5.41) is 12.2. The van der Waals surface area contributed by atoms with Gasteiger partial charge in [-0.15, -0.1) is 10.2 Å². The maximum Gasteiger partial charge on any atom is 0.253 e. The molecule has 5 nitrogen and oxygen atoms in total. The molecule has 0 fully saturated rings. The monoisotopic (exact) mass is 248 g/mol. The average molecular weight is 248 g/mol. The highest BCUT2D eigenvalue weighted by Gasteiger charge is 2.09. The Morgan fingerprint density at radius 1 is 1.41 bits per heavy atom. The van der Waals surface area contributed by atoms with Crippen LogP contribution in [0.3, 0.4) is 0 Å². The molecule has 3 N–H and O–H groups in total. The fourth-order valence-corrected chi connectivity index (χ4v) is 2.01. The molecule has 0 spiro atoms. The molecule has 1 aromatic heterocycles. The van der Waals surface area contributed by atoms with Crippen LogP contribution in [0.25, 0.3) is 0 Å². The lowest BCUT2D eigenvalue weighted by molar-refractivity contribution is 0.0951. The number of nitrogen functional groups attached to an aromatic ring is 1. The zero-order chi connectivity index (χ0) is 12.3. The number of hydrogen-bond donors (Lipinski definition) is 2. The zero-order valence-corrected chi connectivity index (χ0v) is 10.1. The van der Waals surface area contributed by atoms with Crippen LogP contribution in [-0.4, -0.2) is 16.1 Å². The first-order valence-corrected chi connectivity index (χ1v) is 5.90. The third-order valence-corrected chi connectivity index (χ3v) is 3.01. The molecule has 0 unspecified atom stereocenters. The van der Waals surface area contributed by atoms with Gasteiger partial charge in [0.15, 0.2) is 0 Å². The standard InChI is InChI=1S/C11H12N4OS/c1-7-14-15-10(17-7)6-13-11(16)8-4-2-3-5-9(8)12/h2-5H,6,12H2,1H3,(H,13,16). The number of amides is 1. The van der Waals surface area contributed by atoms with Crippen LogP contribution in [0.2, 0.25) is 0 Å². The van der Waals surface area contributed by atoms with E-state index in [-0.39, 0.29) is 5.91 Å². The minimum Gasteiger partial charge on any atom is -0.398 e. The number of carbonyl (C=O) groups excluding carboxylic acids is 1. The van der Waals surface area contributed by atoms with Gasteiger partial charge >= 0.3 is 0 Å². The molecule has 0 bridgehead atoms. The van der Waals surface area contributed by atoms with Crippen molar-refractivity contribution in [3.63, 3.8) is 0 Å². The molecule has 88 valence electrons. The smallest absolute Gasteiger partial charge is 0.253 e. The largest absolute Gasteiger partial charge is 0.398 e. The lowest BCUT2D eigenvalue weighted by Crippen LogP contribution is -2.23. The summed E-state index contributed by atoms with van der Waals surface area (Å²) in [4.78, 5) is 11.8. The second-order valence-corrected chi connectivity index (χ2v) is 4.75. The van der Waals surface area contributed by atoms with Gasteiger partial charge < -0.3 is 11.1 Å². The molecule has 2 aromatic rings. The summed E-state index contributed by atoms with van der Waals surface area (Å²) in [6, 6.07) is 6.96. The highest BCUT2D eigenvalue weighted by molar-refractivity contribution is 7.11. The van der Waals surface area contributed by atoms with Crippen LogP contribution < -0.4 is 11.1 Å². The Hall–Kier alpha value is -1.95. The molecule has 0 aliphatic carbocycles. The van der Waals surface area contributed by atoms with E-state index in [1.54, 1.807) is 24.3 Å². The zero-order valence-electron chi connectivity index (χ0n) is 9.30. The number of aryl methyl sites for hydroxylation is 1. The summed E-state index contributed by atoms with van der Waals surface area (Å²) in [5.41, 5.74) is 6.66. The number of aromatic nitrogens is 2. The van der Waals surface area contributed by atoms with Crippen LogP contribution in [0, 0.1) is 6.92 Å². The topological polar surface area (TPSA) is 80.9 Å². The molecule has 17 heavy (non-hydrogen) atoms. The Morgan fingerprint density at radius 3 is 2.82 bits per heavy atom. The summed E-state index contributed by atoms with van der Waals surface area (Å²) in [5.74, 6) is -0.198. The second kappa shape index (κ2) is 4.92. The molecule has 1 amide bonds. The van der Waals surface area contributed by atoms with Crippen LogP contribution >= 0.6 is 11.3 Å². The van der Waals surface area contributed by atoms with E-state index < -0.39 is 0 Å². The Morgan fingerprint density at radius 2 is 2.18 bits per heavy atom. The fraction of sp³-hybridized carbons (Fsp3) is 0.182. The number of nitrogens with zero attached hydrogens (tertiary/aromatic N) is 2. The predicted molar refractivity (Wildman–Crippen MR) is 66.7 cm³/mol. The van der Waals surface area contributed by atoms with Crippen molar-refractivity contribution in [3.8, 4) is 0 Å². The van der Waals surface area contributed by atoms with E-state index in [0.29, 0.717) is 17.8 Å². The van der Waals surface area contributed by atoms with Gasteiger partial charge in [-0.2, -0.15) is 0 Å². The molecule has 0 saturated carbocycles. The van der Waals surface area contributed by atoms with Crippen molar-refractivity contribution in [3.05, 3.63) is 39.8 Å². The van der Waals surface area contributed by atoms with Gasteiger partial charge in [0.2, 0.25) is 0 Å². The Balaban J connectivity index is 2.01. The molecule has 6 heteroatoms. The van der Waals surface area contributed by atoms with Crippen LogP contribution in [0.4, 0.5) is 5.69 Å². The van der Waals surface area contributed by atoms with Gasteiger partial charge in [0.1, 0.15) is 10.0 Å². The highest BCUT2D eigenvalue weighted by atomic mass is 32.1. The lowest BCUT2D eigenvalue weighted by atomic mass is 10.2. The van der Waals surface area contributed by atoms with E-state index in [2.05, 4.69) is 15.5 Å². The van der Waals surface area contributed by atoms with Gasteiger partial charge in [-0.3, -0.25) is 4.79 Å². The highest BCUT2D eigenvalue weighted by Crippen LogP contribution is 2.11. The number of rotatable bonds is 3. The van der Waals surface area contributed by atoms with Crippen molar-refractivity contribution < 1.29 is 4.79 Å². The Kier molecular flexibility index (Phi) is 3.34. The van der Waals surface area contributed by atoms with E-state index in [1.165, 1.54) is 11.3 Å². The Labute approximate surface area is 103 Å². The quantitative estimate of drug-likeness (QED) is 0.804. The summed E-state index contributed by atoms with van der Waals surface area (Å²) in [6.07, 6.45) is 0. The van der Waals surface area contributed by atoms with Crippen molar-refractivity contribution in [1.82, 2.24) is 15.5 Å².